The summed E-state index contributed by atoms with van der Waals surface area (Å²) in [5.41, 5.74) is 14.2. The molecule has 0 aliphatic heterocycles. The zero-order chi connectivity index (χ0) is 37.0. The van der Waals surface area contributed by atoms with Crippen LogP contribution in [0.15, 0.2) is 191 Å². The van der Waals surface area contributed by atoms with Crippen molar-refractivity contribution >= 4 is 43.9 Å². The van der Waals surface area contributed by atoms with Crippen LogP contribution in [0.25, 0.3) is 111 Å². The van der Waals surface area contributed by atoms with Crippen molar-refractivity contribution in [1.82, 2.24) is 19.9 Å². The topological polar surface area (TPSA) is 77.8 Å². The summed E-state index contributed by atoms with van der Waals surface area (Å²) in [7, 11) is 0. The predicted octanol–water partition coefficient (Wildman–Crippen LogP) is 13.1. The van der Waals surface area contributed by atoms with E-state index in [1.54, 1.807) is 12.4 Å². The second-order valence-electron chi connectivity index (χ2n) is 13.9. The van der Waals surface area contributed by atoms with Crippen molar-refractivity contribution in [2.24, 2.45) is 0 Å². The van der Waals surface area contributed by atoms with E-state index in [0.717, 1.165) is 105 Å². The molecule has 0 aliphatic carbocycles. The van der Waals surface area contributed by atoms with Crippen LogP contribution in [0.5, 0.6) is 0 Å². The number of hydrogen-bond acceptors (Lipinski definition) is 6. The molecule has 56 heavy (non-hydrogen) atoms. The Morgan fingerprint density at radius 1 is 0.321 bits per heavy atom. The largest absolute Gasteiger partial charge is 0.456 e. The third kappa shape index (κ3) is 5.51. The molecule has 0 aliphatic rings. The van der Waals surface area contributed by atoms with E-state index in [-0.39, 0.29) is 0 Å². The zero-order valence-electron chi connectivity index (χ0n) is 29.9. The number of para-hydroxylation sites is 2. The third-order valence-corrected chi connectivity index (χ3v) is 10.5. The van der Waals surface area contributed by atoms with Gasteiger partial charge in [0.1, 0.15) is 22.3 Å². The smallest absolute Gasteiger partial charge is 0.161 e. The van der Waals surface area contributed by atoms with Gasteiger partial charge in [-0.1, -0.05) is 78.9 Å². The fourth-order valence-corrected chi connectivity index (χ4v) is 7.76. The Balaban J connectivity index is 1.15. The highest BCUT2D eigenvalue weighted by Gasteiger charge is 2.17. The molecule has 6 aromatic carbocycles. The molecule has 5 heterocycles. The lowest BCUT2D eigenvalue weighted by molar-refractivity contribution is 0.668. The van der Waals surface area contributed by atoms with E-state index < -0.39 is 0 Å². The maximum absolute atomic E-state index is 6.21. The summed E-state index contributed by atoms with van der Waals surface area (Å²) in [5.74, 6) is 0.594. The third-order valence-electron chi connectivity index (χ3n) is 10.5. The van der Waals surface area contributed by atoms with Gasteiger partial charge >= 0.3 is 0 Å². The van der Waals surface area contributed by atoms with Crippen molar-refractivity contribution in [2.45, 2.75) is 0 Å². The number of rotatable bonds is 6. The minimum absolute atomic E-state index is 0.594. The number of fused-ring (bicyclic) bond motifs is 6. The van der Waals surface area contributed by atoms with E-state index in [9.17, 15) is 0 Å². The Morgan fingerprint density at radius 3 is 1.45 bits per heavy atom. The fourth-order valence-electron chi connectivity index (χ4n) is 7.76. The molecule has 0 radical (unpaired) electrons. The molecule has 6 heteroatoms. The number of pyridine rings is 2. The van der Waals surface area contributed by atoms with Crippen LogP contribution in [0.3, 0.4) is 0 Å². The van der Waals surface area contributed by atoms with Gasteiger partial charge < -0.3 is 8.83 Å². The van der Waals surface area contributed by atoms with E-state index in [4.69, 9.17) is 18.8 Å². The van der Waals surface area contributed by atoms with Gasteiger partial charge in [0.05, 0.1) is 11.4 Å². The van der Waals surface area contributed by atoms with E-state index in [0.29, 0.717) is 5.82 Å². The summed E-state index contributed by atoms with van der Waals surface area (Å²) < 4.78 is 12.4. The van der Waals surface area contributed by atoms with Crippen LogP contribution in [0, 0.1) is 0 Å². The van der Waals surface area contributed by atoms with Crippen LogP contribution in [0.2, 0.25) is 0 Å². The van der Waals surface area contributed by atoms with Crippen molar-refractivity contribution in [3.05, 3.63) is 183 Å². The van der Waals surface area contributed by atoms with Gasteiger partial charge in [0.15, 0.2) is 5.82 Å². The Kier molecular flexibility index (Phi) is 7.38. The summed E-state index contributed by atoms with van der Waals surface area (Å²) in [6, 6.07) is 54.3. The first kappa shape index (κ1) is 31.8. The second-order valence-corrected chi connectivity index (χ2v) is 13.9. The van der Waals surface area contributed by atoms with Crippen molar-refractivity contribution in [3.8, 4) is 67.3 Å². The second kappa shape index (κ2) is 13.0. The zero-order valence-corrected chi connectivity index (χ0v) is 29.9. The average Bonchev–Trinajstić information content (AvgIpc) is 3.84. The van der Waals surface area contributed by atoms with E-state index in [1.807, 2.05) is 67.0 Å². The van der Waals surface area contributed by atoms with Gasteiger partial charge in [0.25, 0.3) is 0 Å². The van der Waals surface area contributed by atoms with Gasteiger partial charge in [-0.25, -0.2) is 9.97 Å². The van der Waals surface area contributed by atoms with Gasteiger partial charge in [-0.3, -0.25) is 9.97 Å². The normalized spacial score (nSPS) is 11.6. The lowest BCUT2D eigenvalue weighted by Gasteiger charge is -2.15. The molecule has 0 saturated carbocycles. The molecule has 0 saturated heterocycles. The van der Waals surface area contributed by atoms with Gasteiger partial charge in [-0.05, 0) is 107 Å². The molecule has 11 rings (SSSR count). The van der Waals surface area contributed by atoms with Crippen LogP contribution in [-0.4, -0.2) is 19.9 Å². The molecule has 0 atom stereocenters. The van der Waals surface area contributed by atoms with Crippen LogP contribution in [0.4, 0.5) is 0 Å². The number of hydrogen-bond donors (Lipinski definition) is 0. The summed E-state index contributed by atoms with van der Waals surface area (Å²) >= 11 is 0. The van der Waals surface area contributed by atoms with E-state index >= 15 is 0 Å². The molecule has 0 N–H and O–H groups in total. The molecule has 0 unspecified atom stereocenters. The molecular formula is C50H30N4O2. The maximum Gasteiger partial charge on any atom is 0.161 e. The highest BCUT2D eigenvalue weighted by atomic mass is 16.3. The van der Waals surface area contributed by atoms with Gasteiger partial charge in [-0.15, -0.1) is 0 Å². The first-order valence-corrected chi connectivity index (χ1v) is 18.5. The average molecular weight is 719 g/mol. The van der Waals surface area contributed by atoms with E-state index in [2.05, 4.69) is 113 Å². The summed E-state index contributed by atoms with van der Waals surface area (Å²) in [6.45, 7) is 0. The monoisotopic (exact) mass is 718 g/mol. The number of benzene rings is 6. The molecule has 0 bridgehead atoms. The summed E-state index contributed by atoms with van der Waals surface area (Å²) in [5, 5.41) is 4.33. The molecule has 0 amide bonds. The summed E-state index contributed by atoms with van der Waals surface area (Å²) in [6.07, 6.45) is 7.26. The molecule has 0 fully saturated rings. The summed E-state index contributed by atoms with van der Waals surface area (Å²) in [4.78, 5) is 19.2. The van der Waals surface area contributed by atoms with Crippen molar-refractivity contribution in [3.63, 3.8) is 0 Å². The molecular weight excluding hydrogens is 689 g/mol. The van der Waals surface area contributed by atoms with Crippen LogP contribution < -0.4 is 0 Å². The van der Waals surface area contributed by atoms with Crippen LogP contribution in [0.1, 0.15) is 0 Å². The fraction of sp³-hybridized carbons (Fsp3) is 0. The quantitative estimate of drug-likeness (QED) is 0.170. The lowest BCUT2D eigenvalue weighted by Crippen LogP contribution is -1.98. The SMILES string of the molecule is c1cncc(-c2nc(-c3cc(-c4ccc5oc6ccccc6c5c4)cc(-c4ccc5oc6ccccc6c5c4)c3)cc(-c3ccccc3-c3cccnc3)n2)c1. The molecule has 262 valence electrons. The Bertz CT molecular complexity index is 3130. The highest BCUT2D eigenvalue weighted by molar-refractivity contribution is 6.07. The van der Waals surface area contributed by atoms with Gasteiger partial charge in [0, 0.05) is 68.6 Å². The van der Waals surface area contributed by atoms with Crippen molar-refractivity contribution in [1.29, 1.82) is 0 Å². The minimum atomic E-state index is 0.594. The van der Waals surface area contributed by atoms with Crippen molar-refractivity contribution < 1.29 is 8.83 Å². The first-order chi connectivity index (χ1) is 27.7. The Labute approximate surface area is 321 Å². The van der Waals surface area contributed by atoms with Gasteiger partial charge in [0.2, 0.25) is 0 Å². The standard InChI is InChI=1S/C50H30N4O2/c1-2-12-39(38(11-1)33-9-7-21-51-29-33)45-28-44(53-50(54-45)34-10-8-22-52-30-34)37-24-35(31-17-19-48-42(26-31)40-13-3-5-15-46(40)55-48)23-36(25-37)32-18-20-49-43(27-32)41-14-4-6-16-47(41)56-49/h1-30H. The predicted molar refractivity (Wildman–Crippen MR) is 225 cm³/mol. The van der Waals surface area contributed by atoms with Crippen LogP contribution >= 0.6 is 0 Å². The highest BCUT2D eigenvalue weighted by Crippen LogP contribution is 2.40. The van der Waals surface area contributed by atoms with Crippen molar-refractivity contribution in [2.75, 3.05) is 0 Å². The minimum Gasteiger partial charge on any atom is -0.456 e. The maximum atomic E-state index is 6.21. The number of aromatic nitrogens is 4. The van der Waals surface area contributed by atoms with E-state index in [1.165, 1.54) is 0 Å². The first-order valence-electron chi connectivity index (χ1n) is 18.5. The Morgan fingerprint density at radius 2 is 0.839 bits per heavy atom. The number of furan rings is 2. The lowest BCUT2D eigenvalue weighted by atomic mass is 9.93. The van der Waals surface area contributed by atoms with Gasteiger partial charge in [-0.2, -0.15) is 0 Å². The molecule has 5 aromatic heterocycles. The molecule has 0 spiro atoms. The van der Waals surface area contributed by atoms with Crippen LogP contribution in [-0.2, 0) is 0 Å². The number of nitrogens with zero attached hydrogens (tertiary/aromatic N) is 4. The molecule has 11 aromatic rings. The Hall–Kier alpha value is -7.70. The molecule has 6 nitrogen and oxygen atoms in total.